The number of aliphatic hydroxyl groups is 1. The standard InChI is InChI=1S/C18H34O3/c1-15(2)8-10-18(20-7,11-9-15)14(19)13-12-16(3,4)21-17(13,5)6/h13-14,19H,8-12H2,1-7H3. The van der Waals surface area contributed by atoms with Crippen LogP contribution in [0.15, 0.2) is 0 Å². The third-order valence-corrected chi connectivity index (χ3v) is 5.92. The minimum atomic E-state index is -0.463. The maximum atomic E-state index is 11.2. The summed E-state index contributed by atoms with van der Waals surface area (Å²) in [7, 11) is 1.76. The molecule has 0 amide bonds. The Balaban J connectivity index is 2.19. The van der Waals surface area contributed by atoms with E-state index in [1.54, 1.807) is 7.11 Å². The van der Waals surface area contributed by atoms with Crippen molar-refractivity contribution in [2.45, 2.75) is 96.6 Å². The molecule has 1 saturated carbocycles. The lowest BCUT2D eigenvalue weighted by Crippen LogP contribution is -2.54. The molecule has 0 spiro atoms. The van der Waals surface area contributed by atoms with Crippen molar-refractivity contribution in [1.29, 1.82) is 0 Å². The lowest BCUT2D eigenvalue weighted by atomic mass is 9.65. The normalized spacial score (nSPS) is 34.6. The van der Waals surface area contributed by atoms with Gasteiger partial charge < -0.3 is 14.6 Å². The van der Waals surface area contributed by atoms with Crippen LogP contribution in [0.4, 0.5) is 0 Å². The first kappa shape index (κ1) is 17.2. The maximum Gasteiger partial charge on any atom is 0.0940 e. The molecule has 1 saturated heterocycles. The van der Waals surface area contributed by atoms with Crippen molar-refractivity contribution in [2.75, 3.05) is 7.11 Å². The topological polar surface area (TPSA) is 38.7 Å². The summed E-state index contributed by atoms with van der Waals surface area (Å²) in [4.78, 5) is 0. The van der Waals surface area contributed by atoms with E-state index in [9.17, 15) is 5.11 Å². The fraction of sp³-hybridized carbons (Fsp3) is 1.00. The van der Waals surface area contributed by atoms with Gasteiger partial charge in [-0.05, 0) is 65.2 Å². The molecule has 0 aromatic carbocycles. The molecule has 0 aromatic rings. The van der Waals surface area contributed by atoms with Gasteiger partial charge in [-0.15, -0.1) is 0 Å². The van der Waals surface area contributed by atoms with Gasteiger partial charge in [-0.1, -0.05) is 13.8 Å². The zero-order valence-electron chi connectivity index (χ0n) is 15.0. The summed E-state index contributed by atoms with van der Waals surface area (Å²) in [5.74, 6) is 0.119. The summed E-state index contributed by atoms with van der Waals surface area (Å²) in [6, 6.07) is 0. The summed E-state index contributed by atoms with van der Waals surface area (Å²) >= 11 is 0. The van der Waals surface area contributed by atoms with Crippen molar-refractivity contribution >= 4 is 0 Å². The van der Waals surface area contributed by atoms with Crippen molar-refractivity contribution in [2.24, 2.45) is 11.3 Å². The van der Waals surface area contributed by atoms with E-state index in [1.807, 2.05) is 0 Å². The molecule has 2 aliphatic rings. The number of aliphatic hydroxyl groups excluding tert-OH is 1. The van der Waals surface area contributed by atoms with E-state index >= 15 is 0 Å². The fourth-order valence-corrected chi connectivity index (χ4v) is 4.43. The van der Waals surface area contributed by atoms with E-state index < -0.39 is 11.7 Å². The predicted octanol–water partition coefficient (Wildman–Crippen LogP) is 3.93. The van der Waals surface area contributed by atoms with Crippen molar-refractivity contribution < 1.29 is 14.6 Å². The molecule has 0 bridgehead atoms. The summed E-state index contributed by atoms with van der Waals surface area (Å²) in [5.41, 5.74) is -0.511. The molecule has 2 atom stereocenters. The Labute approximate surface area is 130 Å². The third kappa shape index (κ3) is 3.30. The van der Waals surface area contributed by atoms with Crippen LogP contribution in [-0.4, -0.2) is 35.1 Å². The summed E-state index contributed by atoms with van der Waals surface area (Å²) < 4.78 is 12.1. The quantitative estimate of drug-likeness (QED) is 0.858. The van der Waals surface area contributed by atoms with Crippen LogP contribution < -0.4 is 0 Å². The van der Waals surface area contributed by atoms with Crippen LogP contribution in [0.25, 0.3) is 0 Å². The van der Waals surface area contributed by atoms with Crippen molar-refractivity contribution in [1.82, 2.24) is 0 Å². The Morgan fingerprint density at radius 3 is 1.90 bits per heavy atom. The summed E-state index contributed by atoms with van der Waals surface area (Å²) in [5, 5.41) is 11.2. The lowest BCUT2D eigenvalue weighted by Gasteiger charge is -2.48. The molecular weight excluding hydrogens is 264 g/mol. The first-order valence-electron chi connectivity index (χ1n) is 8.37. The smallest absolute Gasteiger partial charge is 0.0940 e. The Kier molecular flexibility index (Phi) is 4.28. The average Bonchev–Trinajstić information content (AvgIpc) is 2.57. The molecule has 1 aliphatic heterocycles. The van der Waals surface area contributed by atoms with E-state index in [-0.39, 0.29) is 17.1 Å². The molecule has 2 unspecified atom stereocenters. The molecule has 1 aliphatic carbocycles. The van der Waals surface area contributed by atoms with Gasteiger partial charge in [0.05, 0.1) is 22.9 Å². The minimum absolute atomic E-state index is 0.119. The second-order valence-corrected chi connectivity index (χ2v) is 9.15. The van der Waals surface area contributed by atoms with E-state index in [1.165, 1.54) is 0 Å². The number of hydrogen-bond donors (Lipinski definition) is 1. The van der Waals surface area contributed by atoms with Gasteiger partial charge in [-0.2, -0.15) is 0 Å². The van der Waals surface area contributed by atoms with Gasteiger partial charge in [-0.3, -0.25) is 0 Å². The minimum Gasteiger partial charge on any atom is -0.390 e. The first-order valence-corrected chi connectivity index (χ1v) is 8.37. The van der Waals surface area contributed by atoms with Gasteiger partial charge in [0.2, 0.25) is 0 Å². The van der Waals surface area contributed by atoms with Gasteiger partial charge in [0.25, 0.3) is 0 Å². The Bertz CT molecular complexity index is 374. The van der Waals surface area contributed by atoms with Gasteiger partial charge in [0.1, 0.15) is 0 Å². The molecule has 1 heterocycles. The van der Waals surface area contributed by atoms with Gasteiger partial charge in [-0.25, -0.2) is 0 Å². The maximum absolute atomic E-state index is 11.2. The van der Waals surface area contributed by atoms with Crippen molar-refractivity contribution in [3.8, 4) is 0 Å². The second kappa shape index (κ2) is 5.21. The van der Waals surface area contributed by atoms with Crippen LogP contribution in [0.1, 0.15) is 73.6 Å². The molecular formula is C18H34O3. The van der Waals surface area contributed by atoms with E-state index in [4.69, 9.17) is 9.47 Å². The van der Waals surface area contributed by atoms with Crippen LogP contribution in [-0.2, 0) is 9.47 Å². The van der Waals surface area contributed by atoms with E-state index in [2.05, 4.69) is 41.5 Å². The molecule has 21 heavy (non-hydrogen) atoms. The number of ether oxygens (including phenoxy) is 2. The van der Waals surface area contributed by atoms with Crippen LogP contribution in [0.2, 0.25) is 0 Å². The summed E-state index contributed by atoms with van der Waals surface area (Å²) in [6.07, 6.45) is 4.51. The largest absolute Gasteiger partial charge is 0.390 e. The fourth-order valence-electron chi connectivity index (χ4n) is 4.43. The molecule has 0 aromatic heterocycles. The number of rotatable bonds is 3. The molecule has 2 fully saturated rings. The van der Waals surface area contributed by atoms with Crippen LogP contribution in [0, 0.1) is 11.3 Å². The van der Waals surface area contributed by atoms with Gasteiger partial charge >= 0.3 is 0 Å². The van der Waals surface area contributed by atoms with E-state index in [0.717, 1.165) is 32.1 Å². The third-order valence-electron chi connectivity index (χ3n) is 5.92. The number of methoxy groups -OCH3 is 1. The Morgan fingerprint density at radius 2 is 1.52 bits per heavy atom. The highest BCUT2D eigenvalue weighted by Crippen LogP contribution is 2.50. The predicted molar refractivity (Wildman–Crippen MR) is 85.3 cm³/mol. The lowest BCUT2D eigenvalue weighted by molar-refractivity contribution is -0.172. The molecule has 1 N–H and O–H groups in total. The second-order valence-electron chi connectivity index (χ2n) is 9.15. The SMILES string of the molecule is COC1(C(O)C2CC(C)(C)OC2(C)C)CCC(C)(C)CC1. The molecule has 2 rings (SSSR count). The van der Waals surface area contributed by atoms with Crippen LogP contribution in [0.5, 0.6) is 0 Å². The summed E-state index contributed by atoms with van der Waals surface area (Å²) in [6.45, 7) is 13.1. The van der Waals surface area contributed by atoms with Crippen LogP contribution in [0.3, 0.4) is 0 Å². The highest BCUT2D eigenvalue weighted by Gasteiger charge is 2.55. The monoisotopic (exact) mass is 298 g/mol. The molecule has 3 nitrogen and oxygen atoms in total. The molecule has 3 heteroatoms. The first-order chi connectivity index (χ1) is 9.43. The Morgan fingerprint density at radius 1 is 1.00 bits per heavy atom. The van der Waals surface area contributed by atoms with Crippen molar-refractivity contribution in [3.05, 3.63) is 0 Å². The Hall–Kier alpha value is -0.120. The van der Waals surface area contributed by atoms with Crippen molar-refractivity contribution in [3.63, 3.8) is 0 Å². The molecule has 0 radical (unpaired) electrons. The van der Waals surface area contributed by atoms with Crippen LogP contribution >= 0.6 is 0 Å². The number of hydrogen-bond acceptors (Lipinski definition) is 3. The van der Waals surface area contributed by atoms with Gasteiger partial charge in [0.15, 0.2) is 0 Å². The molecule has 124 valence electrons. The zero-order chi connectivity index (χ0) is 16.1. The highest BCUT2D eigenvalue weighted by atomic mass is 16.5. The average molecular weight is 298 g/mol. The van der Waals surface area contributed by atoms with Gasteiger partial charge in [0, 0.05) is 13.0 Å². The highest BCUT2D eigenvalue weighted by molar-refractivity contribution is 5.05. The zero-order valence-corrected chi connectivity index (χ0v) is 15.0. The van der Waals surface area contributed by atoms with E-state index in [0.29, 0.717) is 5.41 Å².